The monoisotopic (exact) mass is 282 g/mol. The molecule has 0 aliphatic carbocycles. The number of ether oxygens (including phenoxy) is 1. The van der Waals surface area contributed by atoms with Crippen molar-refractivity contribution in [2.75, 3.05) is 12.4 Å². The number of anilines is 1. The Kier molecular flexibility index (Phi) is 3.77. The standard InChI is InChI=1S/C12H14N2O4S/c1-17-10-4-2-9(3-5-10)14-8-11-6-7-12(18-11)19(13,15)16/h2-7,14H,8H2,1H3,(H2,13,15,16). The second kappa shape index (κ2) is 5.33. The Morgan fingerprint density at radius 1 is 1.21 bits per heavy atom. The molecular formula is C12H14N2O4S. The zero-order valence-electron chi connectivity index (χ0n) is 10.3. The Hall–Kier alpha value is -1.99. The third-order valence-electron chi connectivity index (χ3n) is 2.47. The van der Waals surface area contributed by atoms with Gasteiger partial charge in [-0.1, -0.05) is 0 Å². The van der Waals surface area contributed by atoms with E-state index in [0.29, 0.717) is 12.3 Å². The van der Waals surface area contributed by atoms with E-state index in [-0.39, 0.29) is 5.09 Å². The predicted octanol–water partition coefficient (Wildman–Crippen LogP) is 1.55. The van der Waals surface area contributed by atoms with Crippen LogP contribution in [0.4, 0.5) is 5.69 Å². The third kappa shape index (κ3) is 3.49. The molecule has 1 heterocycles. The molecule has 0 unspecified atom stereocenters. The number of methoxy groups -OCH3 is 1. The van der Waals surface area contributed by atoms with E-state index in [2.05, 4.69) is 5.32 Å². The Balaban J connectivity index is 2.00. The molecule has 0 amide bonds. The number of primary sulfonamides is 1. The zero-order valence-corrected chi connectivity index (χ0v) is 11.1. The van der Waals surface area contributed by atoms with Crippen LogP contribution in [0.5, 0.6) is 5.75 Å². The van der Waals surface area contributed by atoms with Crippen LogP contribution in [-0.4, -0.2) is 15.5 Å². The molecule has 0 radical (unpaired) electrons. The van der Waals surface area contributed by atoms with Gasteiger partial charge in [-0.15, -0.1) is 0 Å². The summed E-state index contributed by atoms with van der Waals surface area (Å²) in [6.07, 6.45) is 0. The lowest BCUT2D eigenvalue weighted by Crippen LogP contribution is -2.10. The molecule has 1 aromatic heterocycles. The van der Waals surface area contributed by atoms with Crippen molar-refractivity contribution in [3.63, 3.8) is 0 Å². The molecule has 2 rings (SSSR count). The Bertz CT molecular complexity index is 647. The van der Waals surface area contributed by atoms with Crippen molar-refractivity contribution in [3.05, 3.63) is 42.2 Å². The normalized spacial score (nSPS) is 11.3. The highest BCUT2D eigenvalue weighted by molar-refractivity contribution is 7.89. The quantitative estimate of drug-likeness (QED) is 0.867. The van der Waals surface area contributed by atoms with Crippen molar-refractivity contribution in [2.24, 2.45) is 5.14 Å². The fourth-order valence-electron chi connectivity index (χ4n) is 1.50. The third-order valence-corrected chi connectivity index (χ3v) is 3.25. The highest BCUT2D eigenvalue weighted by atomic mass is 32.2. The number of hydrogen-bond acceptors (Lipinski definition) is 5. The first-order chi connectivity index (χ1) is 8.99. The minimum Gasteiger partial charge on any atom is -0.497 e. The van der Waals surface area contributed by atoms with Crippen molar-refractivity contribution in [1.29, 1.82) is 0 Å². The summed E-state index contributed by atoms with van der Waals surface area (Å²) in [7, 11) is -2.19. The molecule has 0 spiro atoms. The van der Waals surface area contributed by atoms with Gasteiger partial charge in [-0.05, 0) is 36.4 Å². The molecule has 0 saturated carbocycles. The molecule has 19 heavy (non-hydrogen) atoms. The number of sulfonamides is 1. The van der Waals surface area contributed by atoms with Crippen LogP contribution in [0.25, 0.3) is 0 Å². The van der Waals surface area contributed by atoms with Crippen LogP contribution >= 0.6 is 0 Å². The largest absolute Gasteiger partial charge is 0.497 e. The van der Waals surface area contributed by atoms with Crippen LogP contribution < -0.4 is 15.2 Å². The molecule has 3 N–H and O–H groups in total. The average Bonchev–Trinajstić information content (AvgIpc) is 2.86. The van der Waals surface area contributed by atoms with Crippen LogP contribution in [-0.2, 0) is 16.6 Å². The van der Waals surface area contributed by atoms with Gasteiger partial charge in [0.1, 0.15) is 11.5 Å². The summed E-state index contributed by atoms with van der Waals surface area (Å²) >= 11 is 0. The first kappa shape index (κ1) is 13.4. The Morgan fingerprint density at radius 3 is 2.42 bits per heavy atom. The second-order valence-electron chi connectivity index (χ2n) is 3.85. The molecule has 6 nitrogen and oxygen atoms in total. The molecule has 0 aliphatic heterocycles. The van der Waals surface area contributed by atoms with Crippen LogP contribution in [0.15, 0.2) is 45.9 Å². The minimum atomic E-state index is -3.78. The van der Waals surface area contributed by atoms with Crippen LogP contribution in [0, 0.1) is 0 Å². The molecule has 0 fully saturated rings. The lowest BCUT2D eigenvalue weighted by molar-refractivity contribution is 0.414. The van der Waals surface area contributed by atoms with Crippen molar-refractivity contribution < 1.29 is 17.6 Å². The molecule has 0 bridgehead atoms. The van der Waals surface area contributed by atoms with Gasteiger partial charge in [-0.3, -0.25) is 0 Å². The summed E-state index contributed by atoms with van der Waals surface area (Å²) in [5.74, 6) is 1.25. The molecule has 7 heteroatoms. The average molecular weight is 282 g/mol. The summed E-state index contributed by atoms with van der Waals surface area (Å²) in [5.41, 5.74) is 0.870. The van der Waals surface area contributed by atoms with Gasteiger partial charge < -0.3 is 14.5 Å². The first-order valence-electron chi connectivity index (χ1n) is 5.48. The van der Waals surface area contributed by atoms with E-state index in [9.17, 15) is 8.42 Å². The summed E-state index contributed by atoms with van der Waals surface area (Å²) in [5, 5.41) is 7.81. The van der Waals surface area contributed by atoms with Gasteiger partial charge in [-0.25, -0.2) is 13.6 Å². The summed E-state index contributed by atoms with van der Waals surface area (Å²) < 4.78 is 32.2. The summed E-state index contributed by atoms with van der Waals surface area (Å²) in [6.45, 7) is 0.363. The summed E-state index contributed by atoms with van der Waals surface area (Å²) in [4.78, 5) is 0. The van der Waals surface area contributed by atoms with Crippen molar-refractivity contribution in [1.82, 2.24) is 0 Å². The second-order valence-corrected chi connectivity index (χ2v) is 5.34. The van der Waals surface area contributed by atoms with E-state index >= 15 is 0 Å². The maximum absolute atomic E-state index is 11.0. The smallest absolute Gasteiger partial charge is 0.271 e. The van der Waals surface area contributed by atoms with Crippen molar-refractivity contribution in [2.45, 2.75) is 11.6 Å². The topological polar surface area (TPSA) is 94.6 Å². The van der Waals surface area contributed by atoms with Crippen molar-refractivity contribution in [3.8, 4) is 5.75 Å². The number of rotatable bonds is 5. The van der Waals surface area contributed by atoms with Gasteiger partial charge in [0.25, 0.3) is 10.0 Å². The van der Waals surface area contributed by atoms with E-state index in [4.69, 9.17) is 14.3 Å². The van der Waals surface area contributed by atoms with E-state index in [1.165, 1.54) is 6.07 Å². The highest BCUT2D eigenvalue weighted by Gasteiger charge is 2.12. The summed E-state index contributed by atoms with van der Waals surface area (Å²) in [6, 6.07) is 10.2. The molecule has 0 saturated heterocycles. The number of furan rings is 1. The van der Waals surface area contributed by atoms with Gasteiger partial charge in [0, 0.05) is 5.69 Å². The molecule has 0 aliphatic rings. The van der Waals surface area contributed by atoms with Crippen LogP contribution in [0.2, 0.25) is 0 Å². The van der Waals surface area contributed by atoms with Crippen LogP contribution in [0.1, 0.15) is 5.76 Å². The lowest BCUT2D eigenvalue weighted by atomic mass is 10.3. The van der Waals surface area contributed by atoms with Gasteiger partial charge in [0.15, 0.2) is 0 Å². The predicted molar refractivity (Wildman–Crippen MR) is 70.4 cm³/mol. The molecule has 1 aromatic carbocycles. The number of nitrogens with one attached hydrogen (secondary N) is 1. The SMILES string of the molecule is COc1ccc(NCc2ccc(S(N)(=O)=O)o2)cc1. The zero-order chi connectivity index (χ0) is 13.9. The number of hydrogen-bond donors (Lipinski definition) is 2. The molecular weight excluding hydrogens is 268 g/mol. The fourth-order valence-corrected chi connectivity index (χ4v) is 1.99. The number of nitrogens with two attached hydrogens (primary N) is 1. The van der Waals surface area contributed by atoms with Gasteiger partial charge in [0.05, 0.1) is 13.7 Å². The maximum Gasteiger partial charge on any atom is 0.271 e. The van der Waals surface area contributed by atoms with Crippen molar-refractivity contribution >= 4 is 15.7 Å². The first-order valence-corrected chi connectivity index (χ1v) is 7.03. The minimum absolute atomic E-state index is 0.237. The highest BCUT2D eigenvalue weighted by Crippen LogP contribution is 2.17. The molecule has 2 aromatic rings. The van der Waals surface area contributed by atoms with E-state index in [1.807, 2.05) is 24.3 Å². The molecule has 102 valence electrons. The Labute approximate surface area is 111 Å². The van der Waals surface area contributed by atoms with E-state index in [0.717, 1.165) is 11.4 Å². The van der Waals surface area contributed by atoms with E-state index < -0.39 is 10.0 Å². The Morgan fingerprint density at radius 2 is 1.89 bits per heavy atom. The van der Waals surface area contributed by atoms with Gasteiger partial charge in [0.2, 0.25) is 5.09 Å². The van der Waals surface area contributed by atoms with Gasteiger partial charge in [-0.2, -0.15) is 0 Å². The lowest BCUT2D eigenvalue weighted by Gasteiger charge is -2.05. The molecule has 0 atom stereocenters. The van der Waals surface area contributed by atoms with E-state index in [1.54, 1.807) is 13.2 Å². The number of benzene rings is 1. The maximum atomic E-state index is 11.0. The van der Waals surface area contributed by atoms with Crippen LogP contribution in [0.3, 0.4) is 0 Å². The van der Waals surface area contributed by atoms with Gasteiger partial charge >= 0.3 is 0 Å². The fraction of sp³-hybridized carbons (Fsp3) is 0.167.